The van der Waals surface area contributed by atoms with E-state index in [2.05, 4.69) is 15.7 Å². The first-order valence-electron chi connectivity index (χ1n) is 4.69. The first-order valence-corrected chi connectivity index (χ1v) is 5.77. The second-order valence-electron chi connectivity index (χ2n) is 2.84. The van der Waals surface area contributed by atoms with Gasteiger partial charge in [-0.3, -0.25) is 5.41 Å². The number of halogens is 1. The molecule has 0 aromatic heterocycles. The fraction of sp³-hybridized carbons (Fsp3) is 0.444. The molecule has 0 heterocycles. The van der Waals surface area contributed by atoms with Gasteiger partial charge in [-0.2, -0.15) is 5.11 Å². The van der Waals surface area contributed by atoms with Crippen molar-refractivity contribution in [1.82, 2.24) is 10.6 Å². The van der Waals surface area contributed by atoms with E-state index in [0.29, 0.717) is 12.1 Å². The van der Waals surface area contributed by atoms with Crippen molar-refractivity contribution in [2.45, 2.75) is 13.0 Å². The predicted octanol–water partition coefficient (Wildman–Crippen LogP) is 1.34. The highest BCUT2D eigenvalue weighted by Crippen LogP contribution is 2.16. The maximum atomic E-state index is 9.92. The highest BCUT2D eigenvalue weighted by molar-refractivity contribution is 14.1. The number of aliphatic hydroxyl groups is 1. The molecular formula is C9H16IN5O. The minimum Gasteiger partial charge on any atom is -0.394 e. The summed E-state index contributed by atoms with van der Waals surface area (Å²) < 4.78 is 0.200. The molecule has 5 N–H and O–H groups in total. The standard InChI is InChI=1S/C9H16IN5O/c1-3-14-5-7(15-12)8(16)6(4-13-2)9(10)11/h4-5,8,11-14,16H,3H2,1-2H3/b6-4-,7-5-,11-9?,15-12?. The van der Waals surface area contributed by atoms with Gasteiger partial charge in [0.1, 0.15) is 11.8 Å². The van der Waals surface area contributed by atoms with Crippen LogP contribution in [0.25, 0.3) is 0 Å². The van der Waals surface area contributed by atoms with Gasteiger partial charge in [0.25, 0.3) is 0 Å². The molecule has 16 heavy (non-hydrogen) atoms. The van der Waals surface area contributed by atoms with Gasteiger partial charge in [-0.05, 0) is 29.5 Å². The van der Waals surface area contributed by atoms with Crippen molar-refractivity contribution in [2.75, 3.05) is 13.6 Å². The van der Waals surface area contributed by atoms with Gasteiger partial charge >= 0.3 is 0 Å². The van der Waals surface area contributed by atoms with Gasteiger partial charge in [-0.1, -0.05) is 0 Å². The molecule has 1 unspecified atom stereocenters. The first-order chi connectivity index (χ1) is 7.58. The lowest BCUT2D eigenvalue weighted by Gasteiger charge is -2.13. The van der Waals surface area contributed by atoms with Crippen molar-refractivity contribution >= 4 is 26.3 Å². The minimum atomic E-state index is -1.08. The fourth-order valence-electron chi connectivity index (χ4n) is 0.956. The second-order valence-corrected chi connectivity index (χ2v) is 3.92. The molecule has 0 aliphatic rings. The Morgan fingerprint density at radius 3 is 2.56 bits per heavy atom. The molecule has 0 saturated carbocycles. The lowest BCUT2D eigenvalue weighted by Crippen LogP contribution is -2.20. The van der Waals surface area contributed by atoms with Crippen LogP contribution in [0.5, 0.6) is 0 Å². The van der Waals surface area contributed by atoms with E-state index < -0.39 is 6.10 Å². The van der Waals surface area contributed by atoms with Crippen LogP contribution in [0, 0.1) is 10.9 Å². The molecule has 0 spiro atoms. The van der Waals surface area contributed by atoms with E-state index in [4.69, 9.17) is 10.9 Å². The predicted molar refractivity (Wildman–Crippen MR) is 71.8 cm³/mol. The van der Waals surface area contributed by atoms with Crippen LogP contribution in [0.1, 0.15) is 6.92 Å². The van der Waals surface area contributed by atoms with E-state index in [0.717, 1.165) is 0 Å². The normalized spacial score (nSPS) is 14.2. The molecular weight excluding hydrogens is 321 g/mol. The number of aliphatic hydroxyl groups excluding tert-OH is 1. The summed E-state index contributed by atoms with van der Waals surface area (Å²) in [7, 11) is 1.68. The van der Waals surface area contributed by atoms with Crippen LogP contribution < -0.4 is 10.6 Å². The van der Waals surface area contributed by atoms with Gasteiger partial charge in [0.2, 0.25) is 0 Å². The van der Waals surface area contributed by atoms with Crippen LogP contribution in [-0.4, -0.2) is 28.5 Å². The zero-order valence-corrected chi connectivity index (χ0v) is 11.4. The van der Waals surface area contributed by atoms with E-state index in [-0.39, 0.29) is 9.42 Å². The monoisotopic (exact) mass is 337 g/mol. The van der Waals surface area contributed by atoms with Gasteiger partial charge in [0.05, 0.1) is 3.72 Å². The zero-order chi connectivity index (χ0) is 12.6. The summed E-state index contributed by atoms with van der Waals surface area (Å²) in [6, 6.07) is 0. The molecule has 0 rings (SSSR count). The lowest BCUT2D eigenvalue weighted by molar-refractivity contribution is 0.248. The molecule has 0 amide bonds. The van der Waals surface area contributed by atoms with Crippen molar-refractivity contribution in [2.24, 2.45) is 5.11 Å². The summed E-state index contributed by atoms with van der Waals surface area (Å²) in [6.45, 7) is 2.58. The third-order valence-corrected chi connectivity index (χ3v) is 2.33. The van der Waals surface area contributed by atoms with Crippen molar-refractivity contribution in [3.05, 3.63) is 23.7 Å². The maximum Gasteiger partial charge on any atom is 0.128 e. The molecule has 0 aromatic carbocycles. The Morgan fingerprint density at radius 2 is 2.19 bits per heavy atom. The molecule has 7 heteroatoms. The Morgan fingerprint density at radius 1 is 1.56 bits per heavy atom. The summed E-state index contributed by atoms with van der Waals surface area (Å²) in [5, 5.41) is 26.3. The third kappa shape index (κ3) is 4.71. The van der Waals surface area contributed by atoms with Crippen LogP contribution in [0.3, 0.4) is 0 Å². The zero-order valence-electron chi connectivity index (χ0n) is 9.21. The SMILES string of the molecule is CCN/C=C(\N=N)C(O)/C(=C/NC)C(=N)I. The average molecular weight is 337 g/mol. The van der Waals surface area contributed by atoms with E-state index in [1.54, 1.807) is 29.6 Å². The average Bonchev–Trinajstić information content (AvgIpc) is 2.26. The second kappa shape index (κ2) is 8.22. The van der Waals surface area contributed by atoms with Gasteiger partial charge < -0.3 is 15.7 Å². The third-order valence-electron chi connectivity index (χ3n) is 1.71. The Bertz CT molecular complexity index is 313. The summed E-state index contributed by atoms with van der Waals surface area (Å²) in [4.78, 5) is 0. The molecule has 0 aliphatic carbocycles. The maximum absolute atomic E-state index is 9.92. The minimum absolute atomic E-state index is 0.171. The number of rotatable bonds is 7. The van der Waals surface area contributed by atoms with Crippen molar-refractivity contribution in [1.29, 1.82) is 10.9 Å². The summed E-state index contributed by atoms with van der Waals surface area (Å²) >= 11 is 1.79. The molecule has 0 saturated heterocycles. The van der Waals surface area contributed by atoms with E-state index in [1.807, 2.05) is 6.92 Å². The highest BCUT2D eigenvalue weighted by atomic mass is 127. The molecule has 0 aromatic rings. The number of nitrogens with one attached hydrogen (secondary N) is 4. The Balaban J connectivity index is 4.96. The highest BCUT2D eigenvalue weighted by Gasteiger charge is 2.18. The Labute approximate surface area is 108 Å². The Kier molecular flexibility index (Phi) is 7.73. The quantitative estimate of drug-likeness (QED) is 0.275. The Hall–Kier alpha value is -0.960. The van der Waals surface area contributed by atoms with E-state index in [9.17, 15) is 5.11 Å². The molecule has 90 valence electrons. The van der Waals surface area contributed by atoms with Gasteiger partial charge in [-0.25, -0.2) is 5.53 Å². The summed E-state index contributed by atoms with van der Waals surface area (Å²) in [5.41, 5.74) is 7.52. The smallest absolute Gasteiger partial charge is 0.128 e. The van der Waals surface area contributed by atoms with Crippen LogP contribution in [-0.2, 0) is 0 Å². The van der Waals surface area contributed by atoms with E-state index in [1.165, 1.54) is 12.4 Å². The molecule has 0 fully saturated rings. The van der Waals surface area contributed by atoms with Crippen molar-refractivity contribution in [3.8, 4) is 0 Å². The topological polar surface area (TPSA) is 104 Å². The van der Waals surface area contributed by atoms with Crippen LogP contribution >= 0.6 is 22.6 Å². The lowest BCUT2D eigenvalue weighted by atomic mass is 10.1. The first kappa shape index (κ1) is 15.0. The fourth-order valence-corrected chi connectivity index (χ4v) is 1.41. The van der Waals surface area contributed by atoms with Crippen molar-refractivity contribution < 1.29 is 5.11 Å². The molecule has 6 nitrogen and oxygen atoms in total. The van der Waals surface area contributed by atoms with Crippen molar-refractivity contribution in [3.63, 3.8) is 0 Å². The largest absolute Gasteiger partial charge is 0.394 e. The molecule has 0 aliphatic heterocycles. The number of hydrogen-bond donors (Lipinski definition) is 5. The molecule has 1 atom stereocenters. The number of hydrogen-bond acceptors (Lipinski definition) is 6. The van der Waals surface area contributed by atoms with Crippen LogP contribution in [0.15, 0.2) is 28.8 Å². The number of nitrogens with zero attached hydrogens (tertiary/aromatic N) is 1. The summed E-state index contributed by atoms with van der Waals surface area (Å²) in [5.74, 6) is 0. The molecule has 0 radical (unpaired) electrons. The van der Waals surface area contributed by atoms with Crippen LogP contribution in [0.4, 0.5) is 0 Å². The van der Waals surface area contributed by atoms with Gasteiger partial charge in [0.15, 0.2) is 0 Å². The van der Waals surface area contributed by atoms with Crippen LogP contribution in [0.2, 0.25) is 0 Å². The molecule has 0 bridgehead atoms. The summed E-state index contributed by atoms with van der Waals surface area (Å²) in [6.07, 6.45) is 1.92. The van der Waals surface area contributed by atoms with Gasteiger partial charge in [-0.15, -0.1) is 0 Å². The van der Waals surface area contributed by atoms with E-state index >= 15 is 0 Å². The van der Waals surface area contributed by atoms with Gasteiger partial charge in [0, 0.05) is 31.6 Å².